The van der Waals surface area contributed by atoms with Crippen molar-refractivity contribution in [3.8, 4) is 0 Å². The lowest BCUT2D eigenvalue weighted by Gasteiger charge is -2.37. The van der Waals surface area contributed by atoms with Crippen LogP contribution in [0.4, 0.5) is 0 Å². The highest BCUT2D eigenvalue weighted by Crippen LogP contribution is 2.43. The number of amides is 1. The Hall–Kier alpha value is -2.14. The maximum atomic E-state index is 13.0. The molecule has 2 aromatic rings. The molecule has 1 saturated heterocycles. The van der Waals surface area contributed by atoms with Gasteiger partial charge >= 0.3 is 0 Å². The molecule has 0 spiro atoms. The van der Waals surface area contributed by atoms with Crippen LogP contribution in [-0.4, -0.2) is 24.0 Å². The van der Waals surface area contributed by atoms with Gasteiger partial charge in [0.05, 0.1) is 5.41 Å². The summed E-state index contributed by atoms with van der Waals surface area (Å²) in [5.41, 5.74) is 1.30. The van der Waals surface area contributed by atoms with Crippen LogP contribution in [0.3, 0.4) is 0 Å². The number of carbonyl (C=O) groups excluding carboxylic acids is 1. The molecule has 2 fully saturated rings. The Kier molecular flexibility index (Phi) is 3.88. The summed E-state index contributed by atoms with van der Waals surface area (Å²) in [6.45, 7) is 2.12. The number of benzene rings is 1. The smallest absolute Gasteiger partial charge is 0.248 e. The van der Waals surface area contributed by atoms with E-state index in [9.17, 15) is 9.59 Å². The third kappa shape index (κ3) is 2.53. The first-order valence-electron chi connectivity index (χ1n) is 8.79. The molecule has 2 aliphatic rings. The minimum atomic E-state index is -0.255. The molecule has 0 radical (unpaired) electrons. The van der Waals surface area contributed by atoms with Crippen LogP contribution in [0.1, 0.15) is 31.2 Å². The molecule has 1 aromatic heterocycles. The highest BCUT2D eigenvalue weighted by Gasteiger charge is 2.49. The highest BCUT2D eigenvalue weighted by molar-refractivity contribution is 5.85. The summed E-state index contributed by atoms with van der Waals surface area (Å²) in [6.07, 6.45) is 4.45. The van der Waals surface area contributed by atoms with Crippen molar-refractivity contribution in [1.29, 1.82) is 0 Å². The van der Waals surface area contributed by atoms with Gasteiger partial charge in [-0.3, -0.25) is 9.59 Å². The van der Waals surface area contributed by atoms with Crippen LogP contribution in [0.25, 0.3) is 10.9 Å². The van der Waals surface area contributed by atoms with E-state index < -0.39 is 0 Å². The van der Waals surface area contributed by atoms with Gasteiger partial charge in [0.2, 0.25) is 11.5 Å². The van der Waals surface area contributed by atoms with E-state index in [4.69, 9.17) is 0 Å². The van der Waals surface area contributed by atoms with Gasteiger partial charge in [-0.25, -0.2) is 0 Å². The van der Waals surface area contributed by atoms with Gasteiger partial charge in [0.25, 0.3) is 0 Å². The molecule has 1 aliphatic carbocycles. The van der Waals surface area contributed by atoms with Crippen LogP contribution in [0, 0.1) is 11.3 Å². The number of H-pyrrole nitrogens is 1. The number of aromatic nitrogens is 1. The number of hydrogen-bond donors (Lipinski definition) is 3. The number of aromatic amines is 1. The molecule has 5 nitrogen and oxygen atoms in total. The fraction of sp³-hybridized carbons (Fsp3) is 0.474. The first kappa shape index (κ1) is 15.4. The number of hydrogen-bond acceptors (Lipinski definition) is 3. The Morgan fingerprint density at radius 1 is 1.29 bits per heavy atom. The molecule has 24 heavy (non-hydrogen) atoms. The lowest BCUT2D eigenvalue weighted by atomic mass is 9.67. The molecule has 1 aliphatic heterocycles. The van der Waals surface area contributed by atoms with Crippen molar-refractivity contribution in [2.45, 2.75) is 32.2 Å². The standard InChI is InChI=1S/C19H23N3O2/c23-17-9-13(15-6-1-2-7-16(15)22-17)10-21-18(24)19-8-4-3-5-14(19)11-20-12-19/h1-2,6-7,9,14,20H,3-5,8,10-12H2,(H,21,24)(H,22,23)/t14-,19+/m0/s1. The van der Waals surface area contributed by atoms with E-state index in [2.05, 4.69) is 15.6 Å². The van der Waals surface area contributed by atoms with Crippen molar-refractivity contribution in [1.82, 2.24) is 15.6 Å². The second kappa shape index (κ2) is 6.06. The summed E-state index contributed by atoms with van der Waals surface area (Å²) in [5, 5.41) is 7.51. The number of nitrogens with one attached hydrogen (secondary N) is 3. The molecular formula is C19H23N3O2. The van der Waals surface area contributed by atoms with Crippen LogP contribution in [0.5, 0.6) is 0 Å². The van der Waals surface area contributed by atoms with Crippen LogP contribution in [0.2, 0.25) is 0 Å². The summed E-state index contributed by atoms with van der Waals surface area (Å²) in [4.78, 5) is 27.7. The van der Waals surface area contributed by atoms with Gasteiger partial charge in [-0.15, -0.1) is 0 Å². The average molecular weight is 325 g/mol. The van der Waals surface area contributed by atoms with Crippen molar-refractivity contribution in [3.63, 3.8) is 0 Å². The number of para-hydroxylation sites is 1. The van der Waals surface area contributed by atoms with E-state index in [1.807, 2.05) is 24.3 Å². The van der Waals surface area contributed by atoms with Crippen molar-refractivity contribution >= 4 is 16.8 Å². The lowest BCUT2D eigenvalue weighted by Crippen LogP contribution is -2.47. The van der Waals surface area contributed by atoms with Crippen molar-refractivity contribution in [2.75, 3.05) is 13.1 Å². The Morgan fingerprint density at radius 3 is 3.08 bits per heavy atom. The second-order valence-corrected chi connectivity index (χ2v) is 7.12. The van der Waals surface area contributed by atoms with Crippen LogP contribution < -0.4 is 16.2 Å². The summed E-state index contributed by atoms with van der Waals surface area (Å²) in [7, 11) is 0. The number of pyridine rings is 1. The molecule has 4 rings (SSSR count). The average Bonchev–Trinajstić information content (AvgIpc) is 3.04. The maximum Gasteiger partial charge on any atom is 0.248 e. The predicted molar refractivity (Wildman–Crippen MR) is 93.7 cm³/mol. The monoisotopic (exact) mass is 325 g/mol. The molecule has 126 valence electrons. The molecule has 2 heterocycles. The van der Waals surface area contributed by atoms with E-state index in [1.54, 1.807) is 6.07 Å². The summed E-state index contributed by atoms with van der Waals surface area (Å²) >= 11 is 0. The van der Waals surface area contributed by atoms with Gasteiger partial charge in [0.1, 0.15) is 0 Å². The zero-order chi connectivity index (χ0) is 16.6. The molecule has 3 N–H and O–H groups in total. The fourth-order valence-corrected chi connectivity index (χ4v) is 4.47. The van der Waals surface area contributed by atoms with Crippen molar-refractivity contribution < 1.29 is 4.79 Å². The molecule has 5 heteroatoms. The zero-order valence-electron chi connectivity index (χ0n) is 13.7. The Labute approximate surface area is 140 Å². The summed E-state index contributed by atoms with van der Waals surface area (Å²) < 4.78 is 0. The summed E-state index contributed by atoms with van der Waals surface area (Å²) in [6, 6.07) is 9.30. The second-order valence-electron chi connectivity index (χ2n) is 7.12. The van der Waals surface area contributed by atoms with E-state index in [0.717, 1.165) is 48.8 Å². The minimum absolute atomic E-state index is 0.130. The molecule has 1 aromatic carbocycles. The van der Waals surface area contributed by atoms with E-state index in [0.29, 0.717) is 12.5 Å². The molecule has 1 saturated carbocycles. The molecule has 0 bridgehead atoms. The number of fused-ring (bicyclic) bond motifs is 2. The minimum Gasteiger partial charge on any atom is -0.351 e. The Morgan fingerprint density at radius 2 is 2.17 bits per heavy atom. The maximum absolute atomic E-state index is 13.0. The predicted octanol–water partition coefficient (Wildman–Crippen LogP) is 1.92. The third-order valence-electron chi connectivity index (χ3n) is 5.77. The van der Waals surface area contributed by atoms with Gasteiger partial charge in [-0.2, -0.15) is 0 Å². The first-order chi connectivity index (χ1) is 11.7. The van der Waals surface area contributed by atoms with Gasteiger partial charge in [-0.05, 0) is 36.9 Å². The van der Waals surface area contributed by atoms with Gasteiger partial charge in [0, 0.05) is 30.1 Å². The van der Waals surface area contributed by atoms with Crippen LogP contribution in [0.15, 0.2) is 35.1 Å². The highest BCUT2D eigenvalue weighted by atomic mass is 16.2. The largest absolute Gasteiger partial charge is 0.351 e. The van der Waals surface area contributed by atoms with Crippen molar-refractivity contribution in [3.05, 3.63) is 46.2 Å². The van der Waals surface area contributed by atoms with Crippen LogP contribution in [-0.2, 0) is 11.3 Å². The van der Waals surface area contributed by atoms with E-state index in [1.165, 1.54) is 6.42 Å². The molecule has 0 unspecified atom stereocenters. The van der Waals surface area contributed by atoms with Crippen molar-refractivity contribution in [2.24, 2.45) is 11.3 Å². The molecule has 1 amide bonds. The lowest BCUT2D eigenvalue weighted by molar-refractivity contribution is -0.134. The Balaban J connectivity index is 1.57. The topological polar surface area (TPSA) is 74.0 Å². The van der Waals surface area contributed by atoms with Crippen LogP contribution >= 0.6 is 0 Å². The van der Waals surface area contributed by atoms with E-state index in [-0.39, 0.29) is 16.9 Å². The zero-order valence-corrected chi connectivity index (χ0v) is 13.7. The van der Waals surface area contributed by atoms with Gasteiger partial charge < -0.3 is 15.6 Å². The van der Waals surface area contributed by atoms with Gasteiger partial charge in [-0.1, -0.05) is 31.0 Å². The number of rotatable bonds is 3. The first-order valence-corrected chi connectivity index (χ1v) is 8.79. The summed E-state index contributed by atoms with van der Waals surface area (Å²) in [5.74, 6) is 0.587. The molecular weight excluding hydrogens is 302 g/mol. The number of carbonyl (C=O) groups is 1. The quantitative estimate of drug-likeness (QED) is 0.807. The fourth-order valence-electron chi connectivity index (χ4n) is 4.47. The Bertz CT molecular complexity index is 829. The SMILES string of the molecule is O=C(NCc1cc(=O)[nH]c2ccccc12)[C@@]12CCCC[C@H]1CNC2. The van der Waals surface area contributed by atoms with E-state index >= 15 is 0 Å². The third-order valence-corrected chi connectivity index (χ3v) is 5.77. The molecule has 2 atom stereocenters. The van der Waals surface area contributed by atoms with Gasteiger partial charge in [0.15, 0.2) is 0 Å². The normalized spacial score (nSPS) is 26.2.